The summed E-state index contributed by atoms with van der Waals surface area (Å²) in [6.45, 7) is 0. The van der Waals surface area contributed by atoms with E-state index in [9.17, 15) is 9.18 Å². The molecule has 1 amide bonds. The number of hydrogen-bond acceptors (Lipinski definition) is 3. The Morgan fingerprint density at radius 3 is 2.73 bits per heavy atom. The van der Waals surface area contributed by atoms with Crippen LogP contribution in [0.3, 0.4) is 0 Å². The largest absolute Gasteiger partial charge is 0.366 e. The monoisotopic (exact) mass is 383 g/mol. The lowest BCUT2D eigenvalue weighted by Gasteiger charge is -2.05. The maximum Gasteiger partial charge on any atom is 0.248 e. The number of nitrogens with two attached hydrogens (primary N) is 1. The minimum Gasteiger partial charge on any atom is -0.366 e. The number of amides is 1. The van der Waals surface area contributed by atoms with E-state index in [4.69, 9.17) is 22.6 Å². The molecule has 0 unspecified atom stereocenters. The Morgan fingerprint density at radius 2 is 2.04 bits per heavy atom. The summed E-state index contributed by atoms with van der Waals surface area (Å²) >= 11 is 7.67. The maximum atomic E-state index is 13.9. The van der Waals surface area contributed by atoms with Crippen LogP contribution in [0.1, 0.15) is 26.4 Å². The Labute approximate surface area is 159 Å². The summed E-state index contributed by atoms with van der Waals surface area (Å²) in [6, 6.07) is 15.2. The summed E-state index contributed by atoms with van der Waals surface area (Å²) in [5, 5.41) is 8.83. The molecule has 0 bridgehead atoms. The second-order valence-electron chi connectivity index (χ2n) is 5.57. The summed E-state index contributed by atoms with van der Waals surface area (Å²) in [5.74, 6) is -1.04. The standard InChI is InChI=1S/C20H13ClFN2OS/c21-19-17(13-5-6-14(11-23)18(22)9-13)10-15(26-19)8-7-12-3-1-2-4-16(12)20(24)25/h1-6,8-10H,7H2,(H2,24,25). The predicted molar refractivity (Wildman–Crippen MR) is 102 cm³/mol. The van der Waals surface area contributed by atoms with E-state index in [1.165, 1.54) is 23.5 Å². The molecule has 6 heteroatoms. The first-order chi connectivity index (χ1) is 12.5. The Kier molecular flexibility index (Phi) is 5.36. The summed E-state index contributed by atoms with van der Waals surface area (Å²) in [6.07, 6.45) is 2.47. The van der Waals surface area contributed by atoms with Gasteiger partial charge in [0.1, 0.15) is 16.2 Å². The zero-order valence-electron chi connectivity index (χ0n) is 13.5. The molecule has 0 saturated heterocycles. The lowest BCUT2D eigenvalue weighted by atomic mass is 10.0. The molecule has 2 aromatic carbocycles. The zero-order valence-corrected chi connectivity index (χ0v) is 15.1. The smallest absolute Gasteiger partial charge is 0.248 e. The van der Waals surface area contributed by atoms with E-state index in [0.29, 0.717) is 27.4 Å². The molecule has 3 nitrogen and oxygen atoms in total. The fourth-order valence-corrected chi connectivity index (χ4v) is 3.87. The van der Waals surface area contributed by atoms with Crippen molar-refractivity contribution in [3.63, 3.8) is 0 Å². The number of carbonyl (C=O) groups excluding carboxylic acids is 1. The molecule has 129 valence electrons. The summed E-state index contributed by atoms with van der Waals surface area (Å²) in [7, 11) is 0. The lowest BCUT2D eigenvalue weighted by Crippen LogP contribution is -2.13. The van der Waals surface area contributed by atoms with E-state index in [1.807, 2.05) is 24.6 Å². The highest BCUT2D eigenvalue weighted by atomic mass is 35.5. The summed E-state index contributed by atoms with van der Waals surface area (Å²) < 4.78 is 14.4. The first-order valence-corrected chi connectivity index (χ1v) is 8.89. The Morgan fingerprint density at radius 1 is 1.27 bits per heavy atom. The third-order valence-electron chi connectivity index (χ3n) is 3.91. The summed E-state index contributed by atoms with van der Waals surface area (Å²) in [5.41, 5.74) is 8.02. The van der Waals surface area contributed by atoms with Gasteiger partial charge in [-0.2, -0.15) is 5.26 Å². The van der Waals surface area contributed by atoms with Gasteiger partial charge in [0.2, 0.25) is 5.91 Å². The molecule has 26 heavy (non-hydrogen) atoms. The number of nitriles is 1. The van der Waals surface area contributed by atoms with Crippen LogP contribution in [0.25, 0.3) is 11.1 Å². The van der Waals surface area contributed by atoms with Crippen molar-refractivity contribution in [1.29, 1.82) is 5.26 Å². The number of benzene rings is 2. The first kappa shape index (κ1) is 18.1. The quantitative estimate of drug-likeness (QED) is 0.675. The van der Waals surface area contributed by atoms with Gasteiger partial charge in [-0.05, 0) is 41.8 Å². The highest BCUT2D eigenvalue weighted by molar-refractivity contribution is 7.17. The predicted octanol–water partition coefficient (Wildman–Crippen LogP) is 4.97. The maximum absolute atomic E-state index is 13.9. The van der Waals surface area contributed by atoms with Gasteiger partial charge in [-0.15, -0.1) is 11.3 Å². The molecule has 3 rings (SSSR count). The Bertz CT molecular complexity index is 1020. The van der Waals surface area contributed by atoms with Crippen LogP contribution < -0.4 is 5.73 Å². The molecule has 0 aliphatic carbocycles. The van der Waals surface area contributed by atoms with Crippen LogP contribution in [0.2, 0.25) is 4.34 Å². The van der Waals surface area contributed by atoms with E-state index in [1.54, 1.807) is 24.3 Å². The van der Waals surface area contributed by atoms with E-state index in [2.05, 4.69) is 0 Å². The second kappa shape index (κ2) is 7.69. The minimum absolute atomic E-state index is 0.00468. The van der Waals surface area contributed by atoms with Gasteiger partial charge in [-0.25, -0.2) is 4.39 Å². The molecular formula is C20H13ClFN2OS. The molecule has 0 saturated carbocycles. The number of carbonyl (C=O) groups is 1. The van der Waals surface area contributed by atoms with E-state index in [-0.39, 0.29) is 5.56 Å². The average Bonchev–Trinajstić information content (AvgIpc) is 3.00. The third-order valence-corrected chi connectivity index (χ3v) is 5.27. The number of hydrogen-bond donors (Lipinski definition) is 1. The van der Waals surface area contributed by atoms with Crippen molar-refractivity contribution >= 4 is 28.8 Å². The molecule has 3 aromatic rings. The number of halogens is 2. The van der Waals surface area contributed by atoms with Crippen molar-refractivity contribution < 1.29 is 9.18 Å². The molecule has 1 heterocycles. The summed E-state index contributed by atoms with van der Waals surface area (Å²) in [4.78, 5) is 12.4. The third kappa shape index (κ3) is 3.77. The molecular weight excluding hydrogens is 371 g/mol. The fourth-order valence-electron chi connectivity index (χ4n) is 2.61. The Hall–Kier alpha value is -2.68. The van der Waals surface area contributed by atoms with Crippen molar-refractivity contribution in [1.82, 2.24) is 0 Å². The van der Waals surface area contributed by atoms with Gasteiger partial charge in [-0.1, -0.05) is 35.9 Å². The lowest BCUT2D eigenvalue weighted by molar-refractivity contribution is 0.0999. The van der Waals surface area contributed by atoms with Gasteiger partial charge < -0.3 is 5.73 Å². The highest BCUT2D eigenvalue weighted by Crippen LogP contribution is 2.37. The molecule has 0 aliphatic rings. The van der Waals surface area contributed by atoms with Crippen molar-refractivity contribution in [2.75, 3.05) is 0 Å². The van der Waals surface area contributed by atoms with Gasteiger partial charge in [-0.3, -0.25) is 4.79 Å². The molecule has 1 radical (unpaired) electrons. The van der Waals surface area contributed by atoms with Gasteiger partial charge in [0.15, 0.2) is 0 Å². The average molecular weight is 384 g/mol. The molecule has 0 atom stereocenters. The van der Waals surface area contributed by atoms with Gasteiger partial charge in [0.05, 0.1) is 5.56 Å². The number of thiophene rings is 1. The minimum atomic E-state index is -0.576. The van der Waals surface area contributed by atoms with Gasteiger partial charge in [0, 0.05) is 22.4 Å². The fraction of sp³-hybridized carbons (Fsp3) is 0.0500. The Balaban J connectivity index is 1.82. The van der Waals surface area contributed by atoms with Crippen LogP contribution in [-0.4, -0.2) is 5.91 Å². The number of rotatable bonds is 5. The number of primary amides is 1. The van der Waals surface area contributed by atoms with E-state index >= 15 is 0 Å². The van der Waals surface area contributed by atoms with Crippen LogP contribution in [0.15, 0.2) is 48.5 Å². The van der Waals surface area contributed by atoms with Crippen molar-refractivity contribution in [3.8, 4) is 17.2 Å². The van der Waals surface area contributed by atoms with Crippen LogP contribution in [0.5, 0.6) is 0 Å². The highest BCUT2D eigenvalue weighted by Gasteiger charge is 2.13. The molecule has 1 aromatic heterocycles. The van der Waals surface area contributed by atoms with Crippen molar-refractivity contribution in [3.05, 3.63) is 86.7 Å². The van der Waals surface area contributed by atoms with Gasteiger partial charge in [0.25, 0.3) is 0 Å². The zero-order chi connectivity index (χ0) is 18.7. The SMILES string of the molecule is N#Cc1ccc(-c2cc([CH]Cc3ccccc3C(N)=O)sc2Cl)cc1F. The second-order valence-corrected chi connectivity index (χ2v) is 7.26. The molecule has 0 spiro atoms. The molecule has 0 aliphatic heterocycles. The van der Waals surface area contributed by atoms with Crippen LogP contribution >= 0.6 is 22.9 Å². The number of nitrogens with zero attached hydrogens (tertiary/aromatic N) is 1. The van der Waals surface area contributed by atoms with Crippen LogP contribution in [-0.2, 0) is 6.42 Å². The van der Waals surface area contributed by atoms with Gasteiger partial charge >= 0.3 is 0 Å². The van der Waals surface area contributed by atoms with Crippen molar-refractivity contribution in [2.45, 2.75) is 6.42 Å². The van der Waals surface area contributed by atoms with Crippen molar-refractivity contribution in [2.24, 2.45) is 5.73 Å². The topological polar surface area (TPSA) is 66.9 Å². The van der Waals surface area contributed by atoms with E-state index in [0.717, 1.165) is 10.4 Å². The first-order valence-electron chi connectivity index (χ1n) is 7.70. The van der Waals surface area contributed by atoms with Crippen LogP contribution in [0, 0.1) is 23.6 Å². The molecule has 0 fully saturated rings. The normalized spacial score (nSPS) is 10.5. The molecule has 2 N–H and O–H groups in total. The van der Waals surface area contributed by atoms with E-state index < -0.39 is 11.7 Å². The van der Waals surface area contributed by atoms with Crippen LogP contribution in [0.4, 0.5) is 4.39 Å².